The Balaban J connectivity index is 2.50. The SMILES string of the molecule is Cc1ccc([N+]2(C)CCCS2(=O)=O)cc1. The number of rotatable bonds is 1. The van der Waals surface area contributed by atoms with E-state index in [4.69, 9.17) is 0 Å². The van der Waals surface area contributed by atoms with Gasteiger partial charge in [0.15, 0.2) is 0 Å². The zero-order valence-electron chi connectivity index (χ0n) is 9.10. The Hall–Kier alpha value is -0.870. The number of quaternary nitrogens is 1. The van der Waals surface area contributed by atoms with Crippen LogP contribution in [0.15, 0.2) is 24.3 Å². The van der Waals surface area contributed by atoms with Gasteiger partial charge in [-0.3, -0.25) is 0 Å². The number of sulfonamides is 1. The van der Waals surface area contributed by atoms with Crippen LogP contribution < -0.4 is 3.89 Å². The van der Waals surface area contributed by atoms with Gasteiger partial charge in [-0.15, -0.1) is 0 Å². The van der Waals surface area contributed by atoms with Crippen molar-refractivity contribution in [3.63, 3.8) is 0 Å². The highest BCUT2D eigenvalue weighted by atomic mass is 32.2. The van der Waals surface area contributed by atoms with Crippen molar-refractivity contribution in [2.24, 2.45) is 0 Å². The van der Waals surface area contributed by atoms with Crippen LogP contribution in [0, 0.1) is 6.92 Å². The van der Waals surface area contributed by atoms with Crippen molar-refractivity contribution in [3.05, 3.63) is 29.8 Å². The number of benzene rings is 1. The normalized spacial score (nSPS) is 29.2. The second-order valence-electron chi connectivity index (χ2n) is 4.30. The molecule has 0 bridgehead atoms. The van der Waals surface area contributed by atoms with Gasteiger partial charge in [-0.05, 0) is 6.92 Å². The van der Waals surface area contributed by atoms with E-state index < -0.39 is 10.0 Å². The van der Waals surface area contributed by atoms with E-state index in [1.54, 1.807) is 7.05 Å². The minimum absolute atomic E-state index is 0.0628. The van der Waals surface area contributed by atoms with Gasteiger partial charge in [0.1, 0.15) is 11.4 Å². The zero-order valence-corrected chi connectivity index (χ0v) is 9.92. The average molecular weight is 226 g/mol. The summed E-state index contributed by atoms with van der Waals surface area (Å²) in [5, 5.41) is 0. The maximum atomic E-state index is 11.9. The lowest BCUT2D eigenvalue weighted by Crippen LogP contribution is -2.46. The maximum Gasteiger partial charge on any atom is 0.301 e. The fraction of sp³-hybridized carbons (Fsp3) is 0.455. The summed E-state index contributed by atoms with van der Waals surface area (Å²) < 4.78 is 23.9. The molecule has 82 valence electrons. The largest absolute Gasteiger partial charge is 0.301 e. The molecule has 0 amide bonds. The van der Waals surface area contributed by atoms with Gasteiger partial charge in [0, 0.05) is 18.6 Å². The summed E-state index contributed by atoms with van der Waals surface area (Å²) in [5.41, 5.74) is 2.03. The summed E-state index contributed by atoms with van der Waals surface area (Å²) in [6, 6.07) is 7.76. The first-order valence-corrected chi connectivity index (χ1v) is 6.72. The Morgan fingerprint density at radius 3 is 2.27 bits per heavy atom. The third-order valence-corrected chi connectivity index (χ3v) is 5.61. The number of nitrogens with zero attached hydrogens (tertiary/aromatic N) is 1. The first-order valence-electron chi connectivity index (χ1n) is 5.11. The molecule has 1 saturated heterocycles. The van der Waals surface area contributed by atoms with Crippen LogP contribution in [0.4, 0.5) is 5.69 Å². The predicted molar refractivity (Wildman–Crippen MR) is 62.2 cm³/mol. The standard InChI is InChI=1S/C11H16NO2S/c1-10-4-6-11(7-5-10)12(2)8-3-9-15(12,13)14/h4-7H,3,8-9H2,1-2H3/q+1. The lowest BCUT2D eigenvalue weighted by Gasteiger charge is -2.26. The van der Waals surface area contributed by atoms with E-state index in [0.29, 0.717) is 12.3 Å². The highest BCUT2D eigenvalue weighted by Crippen LogP contribution is 2.31. The van der Waals surface area contributed by atoms with Crippen LogP contribution in [0.2, 0.25) is 0 Å². The molecule has 0 aromatic heterocycles. The van der Waals surface area contributed by atoms with Gasteiger partial charge in [0.05, 0.1) is 13.6 Å². The van der Waals surface area contributed by atoms with Crippen molar-refractivity contribution in [3.8, 4) is 0 Å². The summed E-state index contributed by atoms with van der Waals surface area (Å²) >= 11 is 0. The Morgan fingerprint density at radius 1 is 1.20 bits per heavy atom. The van der Waals surface area contributed by atoms with Gasteiger partial charge in [-0.1, -0.05) is 17.7 Å². The van der Waals surface area contributed by atoms with Gasteiger partial charge >= 0.3 is 10.0 Å². The number of hydrogen-bond donors (Lipinski definition) is 0. The molecule has 1 unspecified atom stereocenters. The second-order valence-corrected chi connectivity index (χ2v) is 6.68. The van der Waals surface area contributed by atoms with Gasteiger partial charge in [0.2, 0.25) is 0 Å². The molecule has 0 spiro atoms. The molecule has 3 nitrogen and oxygen atoms in total. The van der Waals surface area contributed by atoms with Crippen LogP contribution in [0.3, 0.4) is 0 Å². The molecule has 0 saturated carbocycles. The van der Waals surface area contributed by atoms with Crippen molar-refractivity contribution in [1.82, 2.24) is 3.89 Å². The maximum absolute atomic E-state index is 11.9. The van der Waals surface area contributed by atoms with Crippen LogP contribution >= 0.6 is 0 Å². The first-order chi connectivity index (χ1) is 6.96. The van der Waals surface area contributed by atoms with Gasteiger partial charge in [0.25, 0.3) is 0 Å². The minimum atomic E-state index is -3.02. The van der Waals surface area contributed by atoms with Crippen LogP contribution in [-0.4, -0.2) is 27.8 Å². The molecular formula is C11H16NO2S+. The van der Waals surface area contributed by atoms with Crippen LogP contribution in [-0.2, 0) is 10.0 Å². The molecule has 1 heterocycles. The molecule has 1 atom stereocenters. The molecule has 1 aromatic carbocycles. The summed E-state index contributed by atoms with van der Waals surface area (Å²) in [4.78, 5) is 0. The number of aryl methyl sites for hydroxylation is 1. The third kappa shape index (κ3) is 1.58. The molecule has 0 radical (unpaired) electrons. The molecule has 1 aromatic rings. The smallest absolute Gasteiger partial charge is 0.189 e. The predicted octanol–water partition coefficient (Wildman–Crippen LogP) is 1.67. The molecule has 4 heteroatoms. The van der Waals surface area contributed by atoms with Crippen LogP contribution in [0.5, 0.6) is 0 Å². The van der Waals surface area contributed by atoms with Gasteiger partial charge in [-0.25, -0.2) is 0 Å². The quantitative estimate of drug-likeness (QED) is 0.683. The van der Waals surface area contributed by atoms with E-state index in [1.807, 2.05) is 31.2 Å². The molecule has 1 aliphatic heterocycles. The van der Waals surface area contributed by atoms with E-state index in [1.165, 1.54) is 0 Å². The minimum Gasteiger partial charge on any atom is -0.189 e. The van der Waals surface area contributed by atoms with Crippen LogP contribution in [0.25, 0.3) is 0 Å². The molecule has 0 N–H and O–H groups in total. The molecule has 1 fully saturated rings. The summed E-state index contributed by atoms with van der Waals surface area (Å²) in [7, 11) is -1.23. The van der Waals surface area contributed by atoms with E-state index in [9.17, 15) is 8.42 Å². The van der Waals surface area contributed by atoms with Crippen molar-refractivity contribution in [2.75, 3.05) is 19.3 Å². The lowest BCUT2D eigenvalue weighted by molar-refractivity contribution is 0.496. The topological polar surface area (TPSA) is 34.1 Å². The Bertz CT molecular complexity index is 464. The lowest BCUT2D eigenvalue weighted by atomic mass is 10.2. The first kappa shape index (κ1) is 10.6. The van der Waals surface area contributed by atoms with Crippen molar-refractivity contribution in [2.45, 2.75) is 13.3 Å². The Morgan fingerprint density at radius 2 is 1.80 bits per heavy atom. The van der Waals surface area contributed by atoms with Crippen molar-refractivity contribution < 1.29 is 8.42 Å². The van der Waals surface area contributed by atoms with E-state index in [0.717, 1.165) is 17.7 Å². The van der Waals surface area contributed by atoms with E-state index in [2.05, 4.69) is 0 Å². The third-order valence-electron chi connectivity index (χ3n) is 3.18. The highest BCUT2D eigenvalue weighted by molar-refractivity contribution is 7.91. The summed E-state index contributed by atoms with van der Waals surface area (Å²) in [6.07, 6.45) is 0.757. The monoisotopic (exact) mass is 226 g/mol. The molecular weight excluding hydrogens is 210 g/mol. The second kappa shape index (κ2) is 3.32. The zero-order chi connectivity index (χ0) is 11.1. The average Bonchev–Trinajstić information content (AvgIpc) is 2.43. The van der Waals surface area contributed by atoms with Gasteiger partial charge in [-0.2, -0.15) is 12.3 Å². The van der Waals surface area contributed by atoms with Crippen LogP contribution in [0.1, 0.15) is 12.0 Å². The van der Waals surface area contributed by atoms with E-state index >= 15 is 0 Å². The fourth-order valence-electron chi connectivity index (χ4n) is 2.04. The van der Waals surface area contributed by atoms with Crippen molar-refractivity contribution >= 4 is 15.7 Å². The fourth-order valence-corrected chi connectivity index (χ4v) is 3.79. The highest BCUT2D eigenvalue weighted by Gasteiger charge is 2.44. The van der Waals surface area contributed by atoms with Gasteiger partial charge < -0.3 is 0 Å². The molecule has 1 aliphatic rings. The Labute approximate surface area is 91.0 Å². The number of hydrogen-bond acceptors (Lipinski definition) is 2. The molecule has 15 heavy (non-hydrogen) atoms. The summed E-state index contributed by atoms with van der Waals surface area (Å²) in [5.74, 6) is 0.303. The molecule has 2 rings (SSSR count). The molecule has 0 aliphatic carbocycles. The summed E-state index contributed by atoms with van der Waals surface area (Å²) in [6.45, 7) is 2.69. The van der Waals surface area contributed by atoms with Crippen molar-refractivity contribution in [1.29, 1.82) is 0 Å². The van der Waals surface area contributed by atoms with E-state index in [-0.39, 0.29) is 3.89 Å². The Kier molecular flexibility index (Phi) is 2.35.